The summed E-state index contributed by atoms with van der Waals surface area (Å²) in [5, 5.41) is 2.88. The lowest BCUT2D eigenvalue weighted by Gasteiger charge is -2.06. The number of carbonyl (C=O) groups is 1. The molecule has 0 atom stereocenters. The van der Waals surface area contributed by atoms with Crippen LogP contribution in [0.4, 0.5) is 5.69 Å². The molecule has 0 aliphatic rings. The monoisotopic (exact) mass is 269 g/mol. The van der Waals surface area contributed by atoms with Crippen LogP contribution in [0.5, 0.6) is 0 Å². The van der Waals surface area contributed by atoms with E-state index in [1.165, 1.54) is 0 Å². The van der Waals surface area contributed by atoms with Crippen LogP contribution in [-0.2, 0) is 4.79 Å². The fourth-order valence-electron chi connectivity index (χ4n) is 1.31. The van der Waals surface area contributed by atoms with Crippen LogP contribution >= 0.6 is 15.9 Å². The molecule has 1 amide bonds. The van der Waals surface area contributed by atoms with Gasteiger partial charge >= 0.3 is 0 Å². The number of rotatable bonds is 5. The van der Waals surface area contributed by atoms with Crippen molar-refractivity contribution < 1.29 is 4.79 Å². The van der Waals surface area contributed by atoms with Crippen molar-refractivity contribution in [1.29, 1.82) is 0 Å². The highest BCUT2D eigenvalue weighted by molar-refractivity contribution is 9.10. The van der Waals surface area contributed by atoms with Crippen molar-refractivity contribution in [2.75, 3.05) is 5.32 Å². The third kappa shape index (κ3) is 4.47. The lowest BCUT2D eigenvalue weighted by molar-refractivity contribution is -0.116. The van der Waals surface area contributed by atoms with E-state index in [-0.39, 0.29) is 5.91 Å². The number of hydrogen-bond donors (Lipinski definition) is 1. The summed E-state index contributed by atoms with van der Waals surface area (Å²) in [6.07, 6.45) is 3.83. The molecule has 1 aromatic carbocycles. The summed E-state index contributed by atoms with van der Waals surface area (Å²) in [6.45, 7) is 2.13. The molecule has 82 valence electrons. The fourth-order valence-corrected chi connectivity index (χ4v) is 1.69. The SMILES string of the molecule is CCCCCC(=O)Nc1ccccc1Br. The molecule has 0 aromatic heterocycles. The fraction of sp³-hybridized carbons (Fsp3) is 0.417. The first-order valence-electron chi connectivity index (χ1n) is 5.28. The Balaban J connectivity index is 2.41. The quantitative estimate of drug-likeness (QED) is 0.806. The van der Waals surface area contributed by atoms with Crippen LogP contribution in [0.25, 0.3) is 0 Å². The maximum absolute atomic E-state index is 11.5. The van der Waals surface area contributed by atoms with Gasteiger partial charge in [-0.3, -0.25) is 4.79 Å². The van der Waals surface area contributed by atoms with Gasteiger partial charge in [-0.2, -0.15) is 0 Å². The van der Waals surface area contributed by atoms with Gasteiger partial charge in [0.2, 0.25) is 5.91 Å². The lowest BCUT2D eigenvalue weighted by Crippen LogP contribution is -2.11. The molecule has 0 aliphatic heterocycles. The highest BCUT2D eigenvalue weighted by atomic mass is 79.9. The highest BCUT2D eigenvalue weighted by Crippen LogP contribution is 2.21. The molecule has 0 radical (unpaired) electrons. The number of hydrogen-bond acceptors (Lipinski definition) is 1. The molecule has 2 nitrogen and oxygen atoms in total. The van der Waals surface area contributed by atoms with Crippen LogP contribution in [0.3, 0.4) is 0 Å². The van der Waals surface area contributed by atoms with E-state index in [0.29, 0.717) is 6.42 Å². The second-order valence-corrected chi connectivity index (χ2v) is 4.34. The zero-order valence-corrected chi connectivity index (χ0v) is 10.5. The van der Waals surface area contributed by atoms with Gasteiger partial charge < -0.3 is 5.32 Å². The first kappa shape index (κ1) is 12.2. The largest absolute Gasteiger partial charge is 0.325 e. The van der Waals surface area contributed by atoms with Crippen molar-refractivity contribution in [2.24, 2.45) is 0 Å². The van der Waals surface area contributed by atoms with E-state index in [1.807, 2.05) is 24.3 Å². The molecule has 15 heavy (non-hydrogen) atoms. The molecule has 0 aliphatic carbocycles. The number of nitrogens with one attached hydrogen (secondary N) is 1. The molecule has 0 unspecified atom stereocenters. The minimum atomic E-state index is 0.0929. The Morgan fingerprint density at radius 3 is 2.73 bits per heavy atom. The summed E-state index contributed by atoms with van der Waals surface area (Å²) in [5.74, 6) is 0.0929. The third-order valence-electron chi connectivity index (χ3n) is 2.16. The van der Waals surface area contributed by atoms with E-state index in [1.54, 1.807) is 0 Å². The third-order valence-corrected chi connectivity index (χ3v) is 2.85. The molecule has 1 aromatic rings. The summed E-state index contributed by atoms with van der Waals surface area (Å²) < 4.78 is 0.925. The maximum Gasteiger partial charge on any atom is 0.224 e. The van der Waals surface area contributed by atoms with Crippen molar-refractivity contribution in [3.63, 3.8) is 0 Å². The highest BCUT2D eigenvalue weighted by Gasteiger charge is 2.03. The molecular weight excluding hydrogens is 254 g/mol. The zero-order valence-electron chi connectivity index (χ0n) is 8.92. The molecule has 0 bridgehead atoms. The molecule has 0 saturated heterocycles. The molecule has 3 heteroatoms. The molecule has 0 saturated carbocycles. The molecular formula is C12H16BrNO. The molecule has 1 rings (SSSR count). The van der Waals surface area contributed by atoms with Crippen LogP contribution in [0.1, 0.15) is 32.6 Å². The van der Waals surface area contributed by atoms with Gasteiger partial charge in [0.15, 0.2) is 0 Å². The van der Waals surface area contributed by atoms with Crippen molar-refractivity contribution in [1.82, 2.24) is 0 Å². The van der Waals surface area contributed by atoms with Crippen molar-refractivity contribution in [3.05, 3.63) is 28.7 Å². The average Bonchev–Trinajstić information content (AvgIpc) is 2.22. The zero-order chi connectivity index (χ0) is 11.1. The van der Waals surface area contributed by atoms with Crippen LogP contribution < -0.4 is 5.32 Å². The van der Waals surface area contributed by atoms with Gasteiger partial charge in [-0.25, -0.2) is 0 Å². The van der Waals surface area contributed by atoms with Gasteiger partial charge in [0.25, 0.3) is 0 Å². The second kappa shape index (κ2) is 6.62. The minimum Gasteiger partial charge on any atom is -0.325 e. The van der Waals surface area contributed by atoms with Gasteiger partial charge in [0.1, 0.15) is 0 Å². The molecule has 0 spiro atoms. The number of amides is 1. The number of carbonyl (C=O) groups excluding carboxylic acids is 1. The summed E-state index contributed by atoms with van der Waals surface area (Å²) in [7, 11) is 0. The Hall–Kier alpha value is -0.830. The van der Waals surface area contributed by atoms with Crippen LogP contribution in [-0.4, -0.2) is 5.91 Å². The minimum absolute atomic E-state index is 0.0929. The maximum atomic E-state index is 11.5. The van der Waals surface area contributed by atoms with Crippen molar-refractivity contribution >= 4 is 27.5 Å². The lowest BCUT2D eigenvalue weighted by atomic mass is 10.2. The summed E-state index contributed by atoms with van der Waals surface area (Å²) in [4.78, 5) is 11.5. The first-order chi connectivity index (χ1) is 7.24. The van der Waals surface area contributed by atoms with Gasteiger partial charge in [-0.15, -0.1) is 0 Å². The summed E-state index contributed by atoms with van der Waals surface area (Å²) in [5.41, 5.74) is 0.846. The molecule has 1 N–H and O–H groups in total. The van der Waals surface area contributed by atoms with Crippen molar-refractivity contribution in [3.8, 4) is 0 Å². The molecule has 0 heterocycles. The summed E-state index contributed by atoms with van der Waals surface area (Å²) >= 11 is 3.39. The smallest absolute Gasteiger partial charge is 0.224 e. The van der Waals surface area contributed by atoms with Gasteiger partial charge in [0, 0.05) is 10.9 Å². The van der Waals surface area contributed by atoms with E-state index >= 15 is 0 Å². The topological polar surface area (TPSA) is 29.1 Å². The second-order valence-electron chi connectivity index (χ2n) is 3.49. The normalized spacial score (nSPS) is 10.0. The average molecular weight is 270 g/mol. The van der Waals surface area contributed by atoms with E-state index in [2.05, 4.69) is 28.2 Å². The number of unbranched alkanes of at least 4 members (excludes halogenated alkanes) is 2. The van der Waals surface area contributed by atoms with Crippen LogP contribution in [0, 0.1) is 0 Å². The van der Waals surface area contributed by atoms with Crippen molar-refractivity contribution in [2.45, 2.75) is 32.6 Å². The Morgan fingerprint density at radius 1 is 1.33 bits per heavy atom. The number of halogens is 1. The first-order valence-corrected chi connectivity index (χ1v) is 6.07. The number of anilines is 1. The standard InChI is InChI=1S/C12H16BrNO/c1-2-3-4-9-12(15)14-11-8-6-5-7-10(11)13/h5-8H,2-4,9H2,1H3,(H,14,15). The van der Waals surface area contributed by atoms with E-state index < -0.39 is 0 Å². The Morgan fingerprint density at radius 2 is 2.07 bits per heavy atom. The van der Waals surface area contributed by atoms with E-state index in [9.17, 15) is 4.79 Å². The number of para-hydroxylation sites is 1. The predicted molar refractivity (Wildman–Crippen MR) is 66.9 cm³/mol. The number of benzene rings is 1. The molecule has 0 fully saturated rings. The van der Waals surface area contributed by atoms with Gasteiger partial charge in [-0.05, 0) is 34.5 Å². The Kier molecular flexibility index (Phi) is 5.40. The Labute approximate surface area is 99.2 Å². The van der Waals surface area contributed by atoms with E-state index in [0.717, 1.165) is 29.4 Å². The predicted octanol–water partition coefficient (Wildman–Crippen LogP) is 3.97. The van der Waals surface area contributed by atoms with Gasteiger partial charge in [0.05, 0.1) is 5.69 Å². The van der Waals surface area contributed by atoms with Crippen LogP contribution in [0.15, 0.2) is 28.7 Å². The van der Waals surface area contributed by atoms with Gasteiger partial charge in [-0.1, -0.05) is 31.9 Å². The Bertz CT molecular complexity index is 325. The summed E-state index contributed by atoms with van der Waals surface area (Å²) in [6, 6.07) is 7.65. The van der Waals surface area contributed by atoms with E-state index in [4.69, 9.17) is 0 Å². The van der Waals surface area contributed by atoms with Crippen LogP contribution in [0.2, 0.25) is 0 Å².